The van der Waals surface area contributed by atoms with Gasteiger partial charge in [0.1, 0.15) is 17.3 Å². The molecule has 1 heterocycles. The first-order chi connectivity index (χ1) is 11.7. The summed E-state index contributed by atoms with van der Waals surface area (Å²) in [5.41, 5.74) is 1.78. The van der Waals surface area contributed by atoms with Crippen molar-refractivity contribution in [3.8, 4) is 0 Å². The van der Waals surface area contributed by atoms with E-state index in [1.165, 1.54) is 24.5 Å². The fraction of sp³-hybridized carbons (Fsp3) is 0.0556. The van der Waals surface area contributed by atoms with Crippen molar-refractivity contribution in [3.05, 3.63) is 84.1 Å². The van der Waals surface area contributed by atoms with Crippen molar-refractivity contribution in [2.24, 2.45) is 0 Å². The van der Waals surface area contributed by atoms with Gasteiger partial charge in [-0.3, -0.25) is 4.79 Å². The molecule has 3 aromatic rings. The minimum absolute atomic E-state index is 0.218. The summed E-state index contributed by atoms with van der Waals surface area (Å²) in [5, 5.41) is 5.70. The number of carbonyl (C=O) groups excluding carboxylic acids is 1. The van der Waals surface area contributed by atoms with Crippen molar-refractivity contribution >= 4 is 17.4 Å². The van der Waals surface area contributed by atoms with Crippen LogP contribution in [0.3, 0.4) is 0 Å². The second-order valence-electron chi connectivity index (χ2n) is 5.09. The van der Waals surface area contributed by atoms with Crippen LogP contribution in [0, 0.1) is 5.82 Å². The molecule has 2 N–H and O–H groups in total. The highest BCUT2D eigenvalue weighted by molar-refractivity contribution is 5.92. The summed E-state index contributed by atoms with van der Waals surface area (Å²) in [6, 6.07) is 15.6. The second kappa shape index (κ2) is 7.32. The molecule has 24 heavy (non-hydrogen) atoms. The van der Waals surface area contributed by atoms with Gasteiger partial charge in [0.2, 0.25) is 0 Å². The van der Waals surface area contributed by atoms with Crippen LogP contribution in [0.2, 0.25) is 0 Å². The summed E-state index contributed by atoms with van der Waals surface area (Å²) in [6.45, 7) is 0.421. The average Bonchev–Trinajstić information content (AvgIpc) is 2.61. The van der Waals surface area contributed by atoms with Gasteiger partial charge in [0.25, 0.3) is 5.91 Å². The van der Waals surface area contributed by atoms with Gasteiger partial charge < -0.3 is 10.6 Å². The Kier molecular flexibility index (Phi) is 4.76. The largest absolute Gasteiger partial charge is 0.347 e. The summed E-state index contributed by atoms with van der Waals surface area (Å²) in [7, 11) is 0. The topological polar surface area (TPSA) is 66.9 Å². The van der Waals surface area contributed by atoms with Crippen LogP contribution in [0.15, 0.2) is 67.0 Å². The highest BCUT2D eigenvalue weighted by atomic mass is 19.1. The Labute approximate surface area is 138 Å². The predicted octanol–water partition coefficient (Wildman–Crippen LogP) is 3.29. The second-order valence-corrected chi connectivity index (χ2v) is 5.09. The molecule has 1 amide bonds. The summed E-state index contributed by atoms with van der Waals surface area (Å²) in [6.07, 6.45) is 2.81. The van der Waals surface area contributed by atoms with E-state index in [9.17, 15) is 9.18 Å². The maximum absolute atomic E-state index is 13.1. The zero-order chi connectivity index (χ0) is 16.8. The molecule has 0 saturated heterocycles. The molecule has 120 valence electrons. The van der Waals surface area contributed by atoms with E-state index < -0.39 is 0 Å². The number of hydrogen-bond acceptors (Lipinski definition) is 4. The molecule has 0 spiro atoms. The Morgan fingerprint density at radius 2 is 1.83 bits per heavy atom. The third kappa shape index (κ3) is 4.13. The van der Waals surface area contributed by atoms with Gasteiger partial charge in [0.05, 0.1) is 12.4 Å². The Hall–Kier alpha value is -3.28. The summed E-state index contributed by atoms with van der Waals surface area (Å²) in [5.74, 6) is -0.214. The van der Waals surface area contributed by atoms with Gasteiger partial charge in [-0.1, -0.05) is 36.4 Å². The van der Waals surface area contributed by atoms with Crippen molar-refractivity contribution < 1.29 is 9.18 Å². The summed E-state index contributed by atoms with van der Waals surface area (Å²) in [4.78, 5) is 20.3. The molecule has 0 aliphatic heterocycles. The maximum atomic E-state index is 13.1. The van der Waals surface area contributed by atoms with E-state index in [1.54, 1.807) is 12.1 Å². The van der Waals surface area contributed by atoms with Crippen molar-refractivity contribution in [2.75, 3.05) is 5.32 Å². The lowest BCUT2D eigenvalue weighted by Crippen LogP contribution is -2.24. The van der Waals surface area contributed by atoms with Crippen LogP contribution in [-0.4, -0.2) is 15.9 Å². The zero-order valence-corrected chi connectivity index (χ0v) is 12.7. The number of benzene rings is 2. The van der Waals surface area contributed by atoms with Gasteiger partial charge in [-0.2, -0.15) is 0 Å². The first-order valence-electron chi connectivity index (χ1n) is 7.37. The molecule has 0 fully saturated rings. The number of hydrogen-bond donors (Lipinski definition) is 2. The van der Waals surface area contributed by atoms with E-state index in [0.717, 1.165) is 5.56 Å². The Bertz CT molecular complexity index is 822. The number of carbonyl (C=O) groups is 1. The lowest BCUT2D eigenvalue weighted by Gasteiger charge is -2.07. The molecule has 0 unspecified atom stereocenters. The van der Waals surface area contributed by atoms with Crippen molar-refractivity contribution in [3.63, 3.8) is 0 Å². The van der Waals surface area contributed by atoms with E-state index in [4.69, 9.17) is 0 Å². The minimum Gasteiger partial charge on any atom is -0.347 e. The molecular formula is C18H15FN4O. The third-order valence-corrected chi connectivity index (χ3v) is 3.28. The quantitative estimate of drug-likeness (QED) is 0.756. The number of amides is 1. The van der Waals surface area contributed by atoms with E-state index in [0.29, 0.717) is 18.1 Å². The Morgan fingerprint density at radius 1 is 1.00 bits per heavy atom. The Morgan fingerprint density at radius 3 is 2.54 bits per heavy atom. The van der Waals surface area contributed by atoms with Crippen LogP contribution in [0.1, 0.15) is 16.1 Å². The summed E-state index contributed by atoms with van der Waals surface area (Å²) >= 11 is 0. The van der Waals surface area contributed by atoms with Gasteiger partial charge >= 0.3 is 0 Å². The first-order valence-corrected chi connectivity index (χ1v) is 7.37. The number of nitrogens with zero attached hydrogens (tertiary/aromatic N) is 2. The van der Waals surface area contributed by atoms with Gasteiger partial charge in [-0.15, -0.1) is 0 Å². The fourth-order valence-corrected chi connectivity index (χ4v) is 2.09. The van der Waals surface area contributed by atoms with Crippen molar-refractivity contribution in [1.29, 1.82) is 0 Å². The molecule has 0 radical (unpaired) electrons. The van der Waals surface area contributed by atoms with Gasteiger partial charge in [-0.05, 0) is 23.8 Å². The van der Waals surface area contributed by atoms with Gasteiger partial charge in [0.15, 0.2) is 0 Å². The number of anilines is 2. The third-order valence-electron chi connectivity index (χ3n) is 3.28. The van der Waals surface area contributed by atoms with Crippen molar-refractivity contribution in [1.82, 2.24) is 15.3 Å². The average molecular weight is 322 g/mol. The molecule has 6 heteroatoms. The van der Waals surface area contributed by atoms with E-state index in [2.05, 4.69) is 20.6 Å². The SMILES string of the molecule is O=C(NCc1ccccc1)c1cnc(Nc2cccc(F)c2)cn1. The van der Waals surface area contributed by atoms with E-state index >= 15 is 0 Å². The number of halogens is 1. The lowest BCUT2D eigenvalue weighted by atomic mass is 10.2. The predicted molar refractivity (Wildman–Crippen MR) is 89.3 cm³/mol. The van der Waals surface area contributed by atoms with Crippen LogP contribution in [-0.2, 0) is 6.54 Å². The monoisotopic (exact) mass is 322 g/mol. The molecule has 0 atom stereocenters. The highest BCUT2D eigenvalue weighted by Gasteiger charge is 2.08. The van der Waals surface area contributed by atoms with Crippen LogP contribution >= 0.6 is 0 Å². The van der Waals surface area contributed by atoms with E-state index in [1.807, 2.05) is 30.3 Å². The van der Waals surface area contributed by atoms with Crippen LogP contribution < -0.4 is 10.6 Å². The molecule has 0 aliphatic carbocycles. The van der Waals surface area contributed by atoms with Crippen LogP contribution in [0.25, 0.3) is 0 Å². The molecule has 0 saturated carbocycles. The molecular weight excluding hydrogens is 307 g/mol. The highest BCUT2D eigenvalue weighted by Crippen LogP contribution is 2.14. The molecule has 3 rings (SSSR count). The first kappa shape index (κ1) is 15.6. The lowest BCUT2D eigenvalue weighted by molar-refractivity contribution is 0.0945. The van der Waals surface area contributed by atoms with Gasteiger partial charge in [0, 0.05) is 12.2 Å². The number of aromatic nitrogens is 2. The minimum atomic E-state index is -0.343. The van der Waals surface area contributed by atoms with Crippen LogP contribution in [0.4, 0.5) is 15.9 Å². The van der Waals surface area contributed by atoms with E-state index in [-0.39, 0.29) is 17.4 Å². The standard InChI is InChI=1S/C18H15FN4O/c19-14-7-4-8-15(9-14)23-17-12-20-16(11-21-17)18(24)22-10-13-5-2-1-3-6-13/h1-9,11-12H,10H2,(H,21,23)(H,22,24). The molecule has 0 bridgehead atoms. The summed E-state index contributed by atoms with van der Waals surface area (Å²) < 4.78 is 13.1. The zero-order valence-electron chi connectivity index (χ0n) is 12.7. The fourth-order valence-electron chi connectivity index (χ4n) is 2.09. The Balaban J connectivity index is 1.60. The maximum Gasteiger partial charge on any atom is 0.271 e. The van der Waals surface area contributed by atoms with Crippen molar-refractivity contribution in [2.45, 2.75) is 6.54 Å². The molecule has 1 aromatic heterocycles. The smallest absolute Gasteiger partial charge is 0.271 e. The number of rotatable bonds is 5. The van der Waals surface area contributed by atoms with Gasteiger partial charge in [-0.25, -0.2) is 14.4 Å². The number of nitrogens with one attached hydrogen (secondary N) is 2. The molecule has 5 nitrogen and oxygen atoms in total. The van der Waals surface area contributed by atoms with Crippen LogP contribution in [0.5, 0.6) is 0 Å². The molecule has 0 aliphatic rings. The normalized spacial score (nSPS) is 10.2. The molecule has 2 aromatic carbocycles.